The van der Waals surface area contributed by atoms with E-state index in [1.54, 1.807) is 12.1 Å². The molecule has 1 aromatic carbocycles. The second-order valence-electron chi connectivity index (χ2n) is 6.62. The van der Waals surface area contributed by atoms with E-state index < -0.39 is 11.7 Å². The molecule has 0 atom stereocenters. The fourth-order valence-electron chi connectivity index (χ4n) is 3.03. The van der Waals surface area contributed by atoms with Crippen molar-refractivity contribution in [3.05, 3.63) is 52.7 Å². The van der Waals surface area contributed by atoms with Crippen molar-refractivity contribution in [1.82, 2.24) is 4.98 Å². The molecule has 1 aromatic heterocycles. The molecule has 1 fully saturated rings. The van der Waals surface area contributed by atoms with Crippen molar-refractivity contribution in [2.24, 2.45) is 5.92 Å². The molecule has 27 heavy (non-hydrogen) atoms. The highest BCUT2D eigenvalue weighted by atomic mass is 35.5. The predicted molar refractivity (Wildman–Crippen MR) is 99.0 cm³/mol. The molecule has 1 N–H and O–H groups in total. The molecule has 0 aliphatic carbocycles. The Balaban J connectivity index is 1.56. The lowest BCUT2D eigenvalue weighted by Crippen LogP contribution is -2.38. The van der Waals surface area contributed by atoms with Crippen molar-refractivity contribution in [1.29, 1.82) is 0 Å². The molecule has 0 saturated carbocycles. The Kier molecular flexibility index (Phi) is 5.60. The zero-order valence-corrected chi connectivity index (χ0v) is 15.4. The standard InChI is InChI=1S/C19H19ClF3N3O/c1-12-2-4-15(10-16(12)20)25-18(27)13-6-8-26(9-7-13)17-5-3-14(11-24-17)19(21,22)23/h2-5,10-11,13H,6-9H2,1H3,(H,25,27). The van der Waals surface area contributed by atoms with Gasteiger partial charge in [0, 0.05) is 35.9 Å². The molecule has 1 saturated heterocycles. The number of carbonyl (C=O) groups excluding carboxylic acids is 1. The number of benzene rings is 1. The minimum Gasteiger partial charge on any atom is -0.357 e. The molecule has 1 amide bonds. The minimum atomic E-state index is -4.39. The van der Waals surface area contributed by atoms with Crippen molar-refractivity contribution >= 4 is 29.0 Å². The van der Waals surface area contributed by atoms with E-state index in [0.717, 1.165) is 17.8 Å². The zero-order valence-electron chi connectivity index (χ0n) is 14.7. The summed E-state index contributed by atoms with van der Waals surface area (Å²) < 4.78 is 37.9. The molecule has 1 aliphatic rings. The van der Waals surface area contributed by atoms with Gasteiger partial charge in [0.1, 0.15) is 5.82 Å². The largest absolute Gasteiger partial charge is 0.417 e. The van der Waals surface area contributed by atoms with Crippen LogP contribution in [0, 0.1) is 12.8 Å². The van der Waals surface area contributed by atoms with Gasteiger partial charge in [-0.3, -0.25) is 4.79 Å². The lowest BCUT2D eigenvalue weighted by atomic mass is 9.95. The van der Waals surface area contributed by atoms with Crippen molar-refractivity contribution in [3.63, 3.8) is 0 Å². The molecule has 2 aromatic rings. The Morgan fingerprint density at radius 3 is 2.48 bits per heavy atom. The number of pyridine rings is 1. The third-order valence-electron chi connectivity index (χ3n) is 4.70. The Hall–Kier alpha value is -2.28. The number of piperidine rings is 1. The monoisotopic (exact) mass is 397 g/mol. The number of hydrogen-bond acceptors (Lipinski definition) is 3. The van der Waals surface area contributed by atoms with Crippen LogP contribution in [0.3, 0.4) is 0 Å². The number of nitrogens with one attached hydrogen (secondary N) is 1. The molecule has 0 unspecified atom stereocenters. The van der Waals surface area contributed by atoms with Crippen LogP contribution < -0.4 is 10.2 Å². The first-order valence-corrected chi connectivity index (χ1v) is 8.97. The van der Waals surface area contributed by atoms with Gasteiger partial charge in [0.05, 0.1) is 5.56 Å². The summed E-state index contributed by atoms with van der Waals surface area (Å²) in [5, 5.41) is 3.47. The highest BCUT2D eigenvalue weighted by Crippen LogP contribution is 2.30. The molecular formula is C19H19ClF3N3O. The predicted octanol–water partition coefficient (Wildman–Crippen LogP) is 4.92. The third kappa shape index (κ3) is 4.71. The van der Waals surface area contributed by atoms with Gasteiger partial charge in [-0.2, -0.15) is 13.2 Å². The second kappa shape index (κ2) is 7.76. The summed E-state index contributed by atoms with van der Waals surface area (Å²) in [7, 11) is 0. The number of carbonyl (C=O) groups is 1. The second-order valence-corrected chi connectivity index (χ2v) is 7.02. The van der Waals surface area contributed by atoms with Crippen molar-refractivity contribution in [3.8, 4) is 0 Å². The molecule has 144 valence electrons. The maximum absolute atomic E-state index is 12.6. The van der Waals surface area contributed by atoms with Crippen LogP contribution in [-0.4, -0.2) is 24.0 Å². The van der Waals surface area contributed by atoms with Crippen LogP contribution in [0.25, 0.3) is 0 Å². The Labute approximate surface area is 160 Å². The number of aromatic nitrogens is 1. The maximum Gasteiger partial charge on any atom is 0.417 e. The molecule has 0 spiro atoms. The first kappa shape index (κ1) is 19.5. The van der Waals surface area contributed by atoms with Crippen LogP contribution in [0.2, 0.25) is 5.02 Å². The maximum atomic E-state index is 12.6. The van der Waals surface area contributed by atoms with E-state index in [1.807, 2.05) is 17.9 Å². The van der Waals surface area contributed by atoms with E-state index in [1.165, 1.54) is 6.07 Å². The van der Waals surface area contributed by atoms with E-state index in [9.17, 15) is 18.0 Å². The number of hydrogen-bond donors (Lipinski definition) is 1. The molecule has 2 heterocycles. The molecule has 8 heteroatoms. The number of amides is 1. The molecular weight excluding hydrogens is 379 g/mol. The highest BCUT2D eigenvalue weighted by Gasteiger charge is 2.31. The van der Waals surface area contributed by atoms with Crippen LogP contribution in [0.15, 0.2) is 36.5 Å². The summed E-state index contributed by atoms with van der Waals surface area (Å²) in [4.78, 5) is 18.3. The minimum absolute atomic E-state index is 0.0741. The molecule has 0 bridgehead atoms. The van der Waals surface area contributed by atoms with E-state index >= 15 is 0 Å². The van der Waals surface area contributed by atoms with Gasteiger partial charge in [0.25, 0.3) is 0 Å². The van der Waals surface area contributed by atoms with Crippen LogP contribution in [0.5, 0.6) is 0 Å². The third-order valence-corrected chi connectivity index (χ3v) is 5.11. The van der Waals surface area contributed by atoms with E-state index in [4.69, 9.17) is 11.6 Å². The van der Waals surface area contributed by atoms with Gasteiger partial charge >= 0.3 is 6.18 Å². The van der Waals surface area contributed by atoms with Gasteiger partial charge < -0.3 is 10.2 Å². The summed E-state index contributed by atoms with van der Waals surface area (Å²) in [6, 6.07) is 7.77. The molecule has 0 radical (unpaired) electrons. The Morgan fingerprint density at radius 1 is 1.22 bits per heavy atom. The lowest BCUT2D eigenvalue weighted by molar-refractivity contribution is -0.137. The lowest BCUT2D eigenvalue weighted by Gasteiger charge is -2.32. The highest BCUT2D eigenvalue weighted by molar-refractivity contribution is 6.31. The average molecular weight is 398 g/mol. The topological polar surface area (TPSA) is 45.2 Å². The number of halogens is 4. The normalized spacial score (nSPS) is 15.7. The summed E-state index contributed by atoms with van der Waals surface area (Å²) in [6.07, 6.45) is -2.34. The first-order chi connectivity index (χ1) is 12.7. The number of nitrogens with zero attached hydrogens (tertiary/aromatic N) is 2. The van der Waals surface area contributed by atoms with Gasteiger partial charge in [0.15, 0.2) is 0 Å². The van der Waals surface area contributed by atoms with Crippen molar-refractivity contribution in [2.45, 2.75) is 25.9 Å². The van der Waals surface area contributed by atoms with Crippen molar-refractivity contribution < 1.29 is 18.0 Å². The summed E-state index contributed by atoms with van der Waals surface area (Å²) in [6.45, 7) is 3.01. The fourth-order valence-corrected chi connectivity index (χ4v) is 3.21. The Morgan fingerprint density at radius 2 is 1.93 bits per heavy atom. The van der Waals surface area contributed by atoms with Crippen LogP contribution in [0.4, 0.5) is 24.7 Å². The van der Waals surface area contributed by atoms with E-state index in [0.29, 0.717) is 42.5 Å². The quantitative estimate of drug-likeness (QED) is 0.799. The van der Waals surface area contributed by atoms with Gasteiger partial charge in [-0.25, -0.2) is 4.98 Å². The van der Waals surface area contributed by atoms with Crippen LogP contribution in [-0.2, 0) is 11.0 Å². The smallest absolute Gasteiger partial charge is 0.357 e. The molecule has 4 nitrogen and oxygen atoms in total. The number of anilines is 2. The van der Waals surface area contributed by atoms with E-state index in [2.05, 4.69) is 10.3 Å². The number of rotatable bonds is 3. The summed E-state index contributed by atoms with van der Waals surface area (Å²) >= 11 is 6.07. The van der Waals surface area contributed by atoms with E-state index in [-0.39, 0.29) is 11.8 Å². The zero-order chi connectivity index (χ0) is 19.6. The molecule has 1 aliphatic heterocycles. The fraction of sp³-hybridized carbons (Fsp3) is 0.368. The molecule has 3 rings (SSSR count). The van der Waals surface area contributed by atoms with Gasteiger partial charge in [-0.1, -0.05) is 17.7 Å². The van der Waals surface area contributed by atoms with Crippen molar-refractivity contribution in [2.75, 3.05) is 23.3 Å². The summed E-state index contributed by atoms with van der Waals surface area (Å²) in [5.41, 5.74) is 0.826. The Bertz CT molecular complexity index is 816. The van der Waals surface area contributed by atoms with Gasteiger partial charge in [-0.15, -0.1) is 0 Å². The SMILES string of the molecule is Cc1ccc(NC(=O)C2CCN(c3ccc(C(F)(F)F)cn3)CC2)cc1Cl. The number of alkyl halides is 3. The average Bonchev–Trinajstić information content (AvgIpc) is 2.64. The van der Waals surface area contributed by atoms with Gasteiger partial charge in [0.2, 0.25) is 5.91 Å². The number of aryl methyl sites for hydroxylation is 1. The van der Waals surface area contributed by atoms with Crippen LogP contribution >= 0.6 is 11.6 Å². The van der Waals surface area contributed by atoms with Gasteiger partial charge in [-0.05, 0) is 49.6 Å². The first-order valence-electron chi connectivity index (χ1n) is 8.59. The van der Waals surface area contributed by atoms with Crippen LogP contribution in [0.1, 0.15) is 24.0 Å². The summed E-state index contributed by atoms with van der Waals surface area (Å²) in [5.74, 6) is 0.262.